The van der Waals surface area contributed by atoms with Crippen molar-refractivity contribution < 1.29 is 0 Å². The van der Waals surface area contributed by atoms with Crippen molar-refractivity contribution in [1.82, 2.24) is 20.1 Å². The lowest BCUT2D eigenvalue weighted by Crippen LogP contribution is -1.64. The van der Waals surface area contributed by atoms with Crippen molar-refractivity contribution in [2.24, 2.45) is 0 Å². The molecule has 0 amide bonds. The number of rotatable bonds is 0. The maximum Gasteiger partial charge on any atom is 0.175 e. The molecule has 4 nitrogen and oxygen atoms in total. The lowest BCUT2D eigenvalue weighted by atomic mass is 12.7. The molecular weight excluding hydrogens is 87.0 g/mol. The Morgan fingerprint density at radius 2 is 2.60 bits per heavy atom. The van der Waals surface area contributed by atoms with Crippen molar-refractivity contribution in [3.8, 4) is 0 Å². The second kappa shape index (κ2) is 1.08. The summed E-state index contributed by atoms with van der Waals surface area (Å²) in [6, 6.07) is 0. The highest BCUT2D eigenvalue weighted by atomic mass is 31.1. The van der Waals surface area contributed by atoms with Crippen molar-refractivity contribution >= 4 is 8.51 Å². The summed E-state index contributed by atoms with van der Waals surface area (Å²) in [6.07, 6.45) is 0. The standard InChI is InChI=1S/HN4P/c1-2-4-5-3-1/h(H,1,2,3,4). The van der Waals surface area contributed by atoms with Crippen LogP contribution in [-0.2, 0) is 0 Å². The van der Waals surface area contributed by atoms with Gasteiger partial charge in [-0.25, -0.2) is 4.86 Å². The molecule has 26 valence electrons. The van der Waals surface area contributed by atoms with Crippen LogP contribution in [0.15, 0.2) is 0 Å². The zero-order valence-corrected chi connectivity index (χ0v) is 3.18. The average molecular weight is 88.0 g/mol. The predicted octanol–water partition coefficient (Wildman–Crippen LogP) is -0.220. The van der Waals surface area contributed by atoms with Crippen LogP contribution in [0, 0.1) is 0 Å². The molecule has 1 heterocycles. The third kappa shape index (κ3) is 0.389. The van der Waals surface area contributed by atoms with Gasteiger partial charge in [-0.2, -0.15) is 0 Å². The van der Waals surface area contributed by atoms with Crippen LogP contribution in [0.1, 0.15) is 0 Å². The SMILES string of the molecule is n1n[nH]pn1. The van der Waals surface area contributed by atoms with Crippen molar-refractivity contribution in [2.75, 3.05) is 0 Å². The normalized spacial score (nSPS) is 8.00. The van der Waals surface area contributed by atoms with Crippen LogP contribution >= 0.6 is 8.51 Å². The van der Waals surface area contributed by atoms with E-state index in [0.29, 0.717) is 0 Å². The molecule has 1 aromatic rings. The molecule has 0 unspecified atom stereocenters. The molecule has 0 aliphatic heterocycles. The first-order valence-corrected chi connectivity index (χ1v) is 1.89. The largest absolute Gasteiger partial charge is 0.222 e. The minimum Gasteiger partial charge on any atom is -0.222 e. The first-order chi connectivity index (χ1) is 2.50. The van der Waals surface area contributed by atoms with Gasteiger partial charge in [-0.15, -0.1) is 0 Å². The van der Waals surface area contributed by atoms with E-state index in [1.165, 1.54) is 0 Å². The number of nitrogens with zero attached hydrogens (tertiary/aromatic N) is 3. The summed E-state index contributed by atoms with van der Waals surface area (Å²) < 4.78 is 0. The number of aromatic nitrogens is 4. The fourth-order valence-electron chi connectivity index (χ4n) is 0.100. The zero-order valence-electron chi connectivity index (χ0n) is 2.29. The van der Waals surface area contributed by atoms with Gasteiger partial charge in [0.25, 0.3) is 0 Å². The van der Waals surface area contributed by atoms with E-state index in [-0.39, 0.29) is 0 Å². The summed E-state index contributed by atoms with van der Waals surface area (Å²) in [4.78, 5) is 5.89. The van der Waals surface area contributed by atoms with Gasteiger partial charge in [0.1, 0.15) is 0 Å². The van der Waals surface area contributed by atoms with Gasteiger partial charge in [0.15, 0.2) is 8.51 Å². The molecule has 1 rings (SSSR count). The Labute approximate surface area is 29.8 Å². The Balaban J connectivity index is 3.13. The summed E-state index contributed by atoms with van der Waals surface area (Å²) in [5.74, 6) is 0. The fraction of sp³-hybridized carbons (Fsp3) is 0. The van der Waals surface area contributed by atoms with Crippen LogP contribution in [0.4, 0.5) is 0 Å². The topological polar surface area (TPSA) is 54.5 Å². The van der Waals surface area contributed by atoms with Gasteiger partial charge in [-0.1, -0.05) is 4.86 Å². The summed E-state index contributed by atoms with van der Waals surface area (Å²) in [5, 5.41) is 6.49. The highest BCUT2D eigenvalue weighted by Gasteiger charge is 1.60. The molecule has 0 saturated carbocycles. The van der Waals surface area contributed by atoms with Gasteiger partial charge in [0.05, 0.1) is 0 Å². The van der Waals surface area contributed by atoms with Gasteiger partial charge in [-0.05, 0) is 10.4 Å². The highest BCUT2D eigenvalue weighted by Crippen LogP contribution is 1.74. The monoisotopic (exact) mass is 88.0 g/mol. The van der Waals surface area contributed by atoms with E-state index >= 15 is 0 Å². The van der Waals surface area contributed by atoms with E-state index in [1.807, 2.05) is 0 Å². The van der Waals surface area contributed by atoms with E-state index in [4.69, 9.17) is 0 Å². The molecule has 5 heavy (non-hydrogen) atoms. The van der Waals surface area contributed by atoms with Crippen LogP contribution in [0.2, 0.25) is 0 Å². The van der Waals surface area contributed by atoms with Gasteiger partial charge in [0.2, 0.25) is 0 Å². The third-order valence-corrected chi connectivity index (χ3v) is 0.567. The van der Waals surface area contributed by atoms with E-state index in [9.17, 15) is 0 Å². The van der Waals surface area contributed by atoms with E-state index < -0.39 is 0 Å². The second-order valence-corrected chi connectivity index (χ2v) is 1.06. The zero-order chi connectivity index (χ0) is 3.54. The van der Waals surface area contributed by atoms with Crippen LogP contribution in [0.3, 0.4) is 0 Å². The van der Waals surface area contributed by atoms with Gasteiger partial charge < -0.3 is 0 Å². The van der Waals surface area contributed by atoms with E-state index in [1.54, 1.807) is 0 Å². The number of hydrogen-bond donors (Lipinski definition) is 1. The molecule has 0 saturated heterocycles. The van der Waals surface area contributed by atoms with Crippen molar-refractivity contribution in [1.29, 1.82) is 0 Å². The summed E-state index contributed by atoms with van der Waals surface area (Å²) in [7, 11) is 0.733. The number of nitrogens with one attached hydrogen (secondary N) is 1. The fourth-order valence-corrected chi connectivity index (χ4v) is 0.300. The van der Waals surface area contributed by atoms with Crippen molar-refractivity contribution in [2.45, 2.75) is 0 Å². The molecule has 0 spiro atoms. The minimum absolute atomic E-state index is 0.733. The van der Waals surface area contributed by atoms with Crippen LogP contribution in [0.5, 0.6) is 0 Å². The Morgan fingerprint density at radius 1 is 1.60 bits per heavy atom. The molecule has 1 aromatic heterocycles. The molecule has 0 bridgehead atoms. The molecule has 5 heteroatoms. The Kier molecular flexibility index (Phi) is 0.588. The smallest absolute Gasteiger partial charge is 0.175 e. The molecular formula is HN4P. The summed E-state index contributed by atoms with van der Waals surface area (Å²) in [6.45, 7) is 0. The quantitative estimate of drug-likeness (QED) is 0.477. The third-order valence-electron chi connectivity index (χ3n) is 0.219. The Morgan fingerprint density at radius 3 is 2.80 bits per heavy atom. The number of H-pyrrole nitrogens is 1. The molecule has 0 radical (unpaired) electrons. The Bertz CT molecular complexity index is 60.1. The molecule has 0 aliphatic carbocycles. The first kappa shape index (κ1) is 2.72. The number of aromatic amines is 1. The van der Waals surface area contributed by atoms with E-state index in [0.717, 1.165) is 8.51 Å². The van der Waals surface area contributed by atoms with E-state index in [2.05, 4.69) is 20.1 Å². The van der Waals surface area contributed by atoms with Crippen molar-refractivity contribution in [3.05, 3.63) is 0 Å². The minimum atomic E-state index is 0.733. The number of hydrogen-bond acceptors (Lipinski definition) is 3. The second-order valence-electron chi connectivity index (χ2n) is 0.479. The molecule has 0 atom stereocenters. The predicted molar refractivity (Wildman–Crippen MR) is 16.7 cm³/mol. The maximum atomic E-state index is 3.40. The molecule has 0 aromatic carbocycles. The average Bonchev–Trinajstić information content (AvgIpc) is 1.76. The highest BCUT2D eigenvalue weighted by molar-refractivity contribution is 7.20. The lowest BCUT2D eigenvalue weighted by Gasteiger charge is -1.40. The van der Waals surface area contributed by atoms with Crippen molar-refractivity contribution in [3.63, 3.8) is 0 Å². The van der Waals surface area contributed by atoms with Crippen LogP contribution in [0.25, 0.3) is 0 Å². The Hall–Kier alpha value is -0.500. The molecule has 1 N–H and O–H groups in total. The van der Waals surface area contributed by atoms with Gasteiger partial charge in [-0.3, -0.25) is 0 Å². The van der Waals surface area contributed by atoms with Crippen LogP contribution in [-0.4, -0.2) is 20.1 Å². The van der Waals surface area contributed by atoms with Gasteiger partial charge in [0, 0.05) is 0 Å². The first-order valence-electron chi connectivity index (χ1n) is 1.05. The summed E-state index contributed by atoms with van der Waals surface area (Å²) >= 11 is 0. The summed E-state index contributed by atoms with van der Waals surface area (Å²) in [5.41, 5.74) is 0. The molecule has 0 aliphatic rings. The lowest BCUT2D eigenvalue weighted by molar-refractivity contribution is 0.881. The maximum absolute atomic E-state index is 3.40. The molecule has 0 fully saturated rings. The van der Waals surface area contributed by atoms with Gasteiger partial charge >= 0.3 is 0 Å². The van der Waals surface area contributed by atoms with Crippen LogP contribution < -0.4 is 0 Å².